The molecular weight excluding hydrogens is 286 g/mol. The van der Waals surface area contributed by atoms with Crippen molar-refractivity contribution in [2.45, 2.75) is 51.4 Å². The summed E-state index contributed by atoms with van der Waals surface area (Å²) in [6.07, 6.45) is 9.12. The maximum absolute atomic E-state index is 12.4. The first kappa shape index (κ1) is 15.0. The molecule has 1 aliphatic heterocycles. The van der Waals surface area contributed by atoms with Crippen LogP contribution in [0.1, 0.15) is 55.2 Å². The van der Waals surface area contributed by atoms with Gasteiger partial charge in [-0.15, -0.1) is 0 Å². The Morgan fingerprint density at radius 3 is 2.83 bits per heavy atom. The Hall–Kier alpha value is -1.55. The SMILES string of the molecule is CCCN1CCC(c2cn(C)c3[nH]c(=O)c4c(c23)CCCC4)C1. The molecule has 1 aliphatic carbocycles. The van der Waals surface area contributed by atoms with E-state index in [2.05, 4.69) is 34.6 Å². The summed E-state index contributed by atoms with van der Waals surface area (Å²) >= 11 is 0. The van der Waals surface area contributed by atoms with Gasteiger partial charge in [0.2, 0.25) is 0 Å². The lowest BCUT2D eigenvalue weighted by atomic mass is 9.87. The van der Waals surface area contributed by atoms with Crippen molar-refractivity contribution in [2.24, 2.45) is 7.05 Å². The highest BCUT2D eigenvalue weighted by Crippen LogP contribution is 2.36. The van der Waals surface area contributed by atoms with E-state index in [1.807, 2.05) is 0 Å². The first-order chi connectivity index (χ1) is 11.2. The second-order valence-corrected chi connectivity index (χ2v) is 7.32. The molecule has 1 N–H and O–H groups in total. The first-order valence-electron chi connectivity index (χ1n) is 9.14. The Morgan fingerprint density at radius 1 is 1.26 bits per heavy atom. The minimum atomic E-state index is 0.138. The van der Waals surface area contributed by atoms with Crippen molar-refractivity contribution < 1.29 is 0 Å². The van der Waals surface area contributed by atoms with E-state index in [1.54, 1.807) is 0 Å². The highest BCUT2D eigenvalue weighted by Gasteiger charge is 2.28. The molecule has 4 heteroatoms. The van der Waals surface area contributed by atoms with Crippen molar-refractivity contribution >= 4 is 11.0 Å². The summed E-state index contributed by atoms with van der Waals surface area (Å²) in [5, 5.41) is 1.37. The third kappa shape index (κ3) is 2.44. The van der Waals surface area contributed by atoms with Gasteiger partial charge >= 0.3 is 0 Å². The predicted molar refractivity (Wildman–Crippen MR) is 94.3 cm³/mol. The smallest absolute Gasteiger partial charge is 0.253 e. The molecule has 3 heterocycles. The van der Waals surface area contributed by atoms with Crippen LogP contribution in [0.25, 0.3) is 11.0 Å². The molecule has 4 nitrogen and oxygen atoms in total. The van der Waals surface area contributed by atoms with Crippen molar-refractivity contribution in [3.63, 3.8) is 0 Å². The van der Waals surface area contributed by atoms with Gasteiger partial charge in [-0.25, -0.2) is 0 Å². The Bertz CT molecular complexity index is 786. The molecule has 23 heavy (non-hydrogen) atoms. The van der Waals surface area contributed by atoms with Crippen LogP contribution < -0.4 is 5.56 Å². The van der Waals surface area contributed by atoms with Crippen LogP contribution in [0, 0.1) is 0 Å². The van der Waals surface area contributed by atoms with Crippen molar-refractivity contribution in [3.05, 3.63) is 33.2 Å². The van der Waals surface area contributed by atoms with Crippen LogP contribution in [0.5, 0.6) is 0 Å². The standard InChI is InChI=1S/C19H27N3O/c1-3-9-22-10-8-13(11-22)16-12-21(2)18-17(16)14-6-4-5-7-15(14)19(23)20-18/h12-13H,3-11H2,1-2H3,(H,20,23). The maximum atomic E-state index is 12.4. The number of aromatic amines is 1. The predicted octanol–water partition coefficient (Wildman–Crippen LogP) is 2.94. The van der Waals surface area contributed by atoms with Gasteiger partial charge in [-0.05, 0) is 68.7 Å². The molecule has 0 saturated carbocycles. The topological polar surface area (TPSA) is 41.0 Å². The van der Waals surface area contributed by atoms with Crippen molar-refractivity contribution in [1.29, 1.82) is 0 Å². The third-order valence-electron chi connectivity index (χ3n) is 5.74. The average Bonchev–Trinajstić information content (AvgIpc) is 3.13. The summed E-state index contributed by atoms with van der Waals surface area (Å²) in [5.41, 5.74) is 5.04. The summed E-state index contributed by atoms with van der Waals surface area (Å²) < 4.78 is 2.13. The quantitative estimate of drug-likeness (QED) is 0.946. The fraction of sp³-hybridized carbons (Fsp3) is 0.632. The third-order valence-corrected chi connectivity index (χ3v) is 5.74. The van der Waals surface area contributed by atoms with Crippen molar-refractivity contribution in [2.75, 3.05) is 19.6 Å². The van der Waals surface area contributed by atoms with E-state index < -0.39 is 0 Å². The van der Waals surface area contributed by atoms with Gasteiger partial charge in [0, 0.05) is 30.7 Å². The lowest BCUT2D eigenvalue weighted by Gasteiger charge is -2.18. The van der Waals surface area contributed by atoms with Gasteiger partial charge in [0.25, 0.3) is 5.56 Å². The van der Waals surface area contributed by atoms with Gasteiger partial charge in [-0.1, -0.05) is 6.92 Å². The number of fused-ring (bicyclic) bond motifs is 3. The molecule has 1 fully saturated rings. The molecule has 0 aromatic carbocycles. The Kier molecular flexibility index (Phi) is 3.80. The second kappa shape index (κ2) is 5.82. The first-order valence-corrected chi connectivity index (χ1v) is 9.14. The lowest BCUT2D eigenvalue weighted by Crippen LogP contribution is -2.21. The maximum Gasteiger partial charge on any atom is 0.253 e. The summed E-state index contributed by atoms with van der Waals surface area (Å²) in [7, 11) is 2.07. The minimum absolute atomic E-state index is 0.138. The van der Waals surface area contributed by atoms with E-state index in [-0.39, 0.29) is 5.56 Å². The van der Waals surface area contributed by atoms with E-state index in [4.69, 9.17) is 0 Å². The van der Waals surface area contributed by atoms with Crippen LogP contribution in [0.15, 0.2) is 11.0 Å². The van der Waals surface area contributed by atoms with Crippen molar-refractivity contribution in [3.8, 4) is 0 Å². The Balaban J connectivity index is 1.83. The van der Waals surface area contributed by atoms with Crippen LogP contribution in [0.2, 0.25) is 0 Å². The molecule has 0 amide bonds. The van der Waals surface area contributed by atoms with Crippen LogP contribution in [-0.2, 0) is 19.9 Å². The zero-order chi connectivity index (χ0) is 16.0. The fourth-order valence-electron chi connectivity index (χ4n) is 4.65. The number of hydrogen-bond donors (Lipinski definition) is 1. The van der Waals surface area contributed by atoms with E-state index >= 15 is 0 Å². The molecule has 0 bridgehead atoms. The highest BCUT2D eigenvalue weighted by atomic mass is 16.1. The molecule has 0 spiro atoms. The van der Waals surface area contributed by atoms with Gasteiger partial charge in [-0.2, -0.15) is 0 Å². The average molecular weight is 313 g/mol. The molecule has 2 aromatic heterocycles. The summed E-state index contributed by atoms with van der Waals surface area (Å²) in [5.74, 6) is 0.613. The molecule has 2 aliphatic rings. The van der Waals surface area contributed by atoms with E-state index in [0.717, 1.165) is 30.5 Å². The molecule has 4 rings (SSSR count). The molecule has 124 valence electrons. The number of nitrogens with one attached hydrogen (secondary N) is 1. The van der Waals surface area contributed by atoms with E-state index in [0.29, 0.717) is 5.92 Å². The van der Waals surface area contributed by atoms with Crippen LogP contribution in [0.4, 0.5) is 0 Å². The summed E-state index contributed by atoms with van der Waals surface area (Å²) in [6.45, 7) is 5.84. The van der Waals surface area contributed by atoms with Gasteiger partial charge in [0.05, 0.1) is 0 Å². The molecule has 1 unspecified atom stereocenters. The number of pyridine rings is 1. The summed E-state index contributed by atoms with van der Waals surface area (Å²) in [6, 6.07) is 0. The zero-order valence-electron chi connectivity index (χ0n) is 14.3. The van der Waals surface area contributed by atoms with Gasteiger partial charge in [-0.3, -0.25) is 4.79 Å². The normalized spacial score (nSPS) is 21.9. The second-order valence-electron chi connectivity index (χ2n) is 7.32. The number of hydrogen-bond acceptors (Lipinski definition) is 2. The fourth-order valence-corrected chi connectivity index (χ4v) is 4.65. The Labute approximate surface area is 137 Å². The Morgan fingerprint density at radius 2 is 2.04 bits per heavy atom. The number of nitrogens with zero attached hydrogens (tertiary/aromatic N) is 2. The van der Waals surface area contributed by atoms with E-state index in [1.165, 1.54) is 55.4 Å². The molecule has 1 atom stereocenters. The number of H-pyrrole nitrogens is 1. The van der Waals surface area contributed by atoms with Crippen molar-refractivity contribution in [1.82, 2.24) is 14.5 Å². The number of aromatic nitrogens is 2. The van der Waals surface area contributed by atoms with Crippen LogP contribution in [-0.4, -0.2) is 34.1 Å². The van der Waals surface area contributed by atoms with Gasteiger partial charge in [0.15, 0.2) is 0 Å². The lowest BCUT2D eigenvalue weighted by molar-refractivity contribution is 0.335. The number of rotatable bonds is 3. The molecular formula is C19H27N3O. The molecule has 0 radical (unpaired) electrons. The molecule has 1 saturated heterocycles. The number of likely N-dealkylation sites (tertiary alicyclic amines) is 1. The molecule has 2 aromatic rings. The summed E-state index contributed by atoms with van der Waals surface area (Å²) in [4.78, 5) is 18.2. The minimum Gasteiger partial charge on any atom is -0.337 e. The van der Waals surface area contributed by atoms with Crippen LogP contribution in [0.3, 0.4) is 0 Å². The zero-order valence-corrected chi connectivity index (χ0v) is 14.3. The van der Waals surface area contributed by atoms with Gasteiger partial charge < -0.3 is 14.5 Å². The van der Waals surface area contributed by atoms with Crippen LogP contribution >= 0.6 is 0 Å². The van der Waals surface area contributed by atoms with E-state index in [9.17, 15) is 4.79 Å². The van der Waals surface area contributed by atoms with Gasteiger partial charge in [0.1, 0.15) is 5.65 Å². The highest BCUT2D eigenvalue weighted by molar-refractivity contribution is 5.86. The number of aryl methyl sites for hydroxylation is 2. The monoisotopic (exact) mass is 313 g/mol. The largest absolute Gasteiger partial charge is 0.337 e.